The van der Waals surface area contributed by atoms with Crippen molar-refractivity contribution < 1.29 is 4.79 Å². The van der Waals surface area contributed by atoms with Crippen molar-refractivity contribution in [3.8, 4) is 0 Å². The van der Waals surface area contributed by atoms with Crippen molar-refractivity contribution >= 4 is 35.8 Å². The van der Waals surface area contributed by atoms with Crippen LogP contribution in [0.1, 0.15) is 64.5 Å². The summed E-state index contributed by atoms with van der Waals surface area (Å²) >= 11 is 0. The van der Waals surface area contributed by atoms with Crippen LogP contribution in [-0.4, -0.2) is 63.8 Å². The normalized spacial score (nSPS) is 20.2. The quantitative estimate of drug-likeness (QED) is 0.355. The second-order valence-electron chi connectivity index (χ2n) is 8.29. The Hall–Kier alpha value is -1.39. The summed E-state index contributed by atoms with van der Waals surface area (Å²) in [5.41, 5.74) is 0. The van der Waals surface area contributed by atoms with Gasteiger partial charge in [0, 0.05) is 58.0 Å². The monoisotopic (exact) mass is 517 g/mol. The molecule has 0 aliphatic carbocycles. The van der Waals surface area contributed by atoms with Crippen LogP contribution in [0.25, 0.3) is 0 Å². The lowest BCUT2D eigenvalue weighted by Gasteiger charge is -2.31. The molecular formula is C20H36IN7O. The van der Waals surface area contributed by atoms with Crippen molar-refractivity contribution in [1.82, 2.24) is 30.3 Å². The Morgan fingerprint density at radius 1 is 1.24 bits per heavy atom. The lowest BCUT2D eigenvalue weighted by molar-refractivity contribution is -0.130. The van der Waals surface area contributed by atoms with Crippen molar-refractivity contribution in [2.45, 2.75) is 71.9 Å². The van der Waals surface area contributed by atoms with Crippen molar-refractivity contribution in [1.29, 1.82) is 0 Å². The van der Waals surface area contributed by atoms with Gasteiger partial charge in [0.2, 0.25) is 5.91 Å². The fraction of sp³-hybridized carbons (Fsp3) is 0.800. The predicted molar refractivity (Wildman–Crippen MR) is 126 cm³/mol. The number of rotatable bonds is 5. The molecule has 2 aliphatic rings. The zero-order chi connectivity index (χ0) is 20.1. The van der Waals surface area contributed by atoms with Crippen molar-refractivity contribution in [3.63, 3.8) is 0 Å². The molecule has 0 radical (unpaired) electrons. The van der Waals surface area contributed by atoms with E-state index in [1.807, 2.05) is 4.90 Å². The van der Waals surface area contributed by atoms with Crippen molar-refractivity contribution in [2.75, 3.05) is 26.2 Å². The molecule has 3 rings (SSSR count). The highest BCUT2D eigenvalue weighted by Gasteiger charge is 2.25. The highest BCUT2D eigenvalue weighted by Crippen LogP contribution is 2.20. The molecule has 0 aromatic carbocycles. The molecular weight excluding hydrogens is 481 g/mol. The summed E-state index contributed by atoms with van der Waals surface area (Å²) in [4.78, 5) is 18.3. The Balaban J connectivity index is 0.00000300. The Labute approximate surface area is 191 Å². The van der Waals surface area contributed by atoms with Gasteiger partial charge in [-0.2, -0.15) is 0 Å². The second kappa shape index (κ2) is 11.1. The van der Waals surface area contributed by atoms with Crippen LogP contribution in [0.3, 0.4) is 0 Å². The van der Waals surface area contributed by atoms with Gasteiger partial charge in [-0.15, -0.1) is 34.2 Å². The van der Waals surface area contributed by atoms with E-state index in [2.05, 4.69) is 46.2 Å². The number of halogens is 1. The number of piperidine rings is 1. The van der Waals surface area contributed by atoms with E-state index < -0.39 is 0 Å². The Morgan fingerprint density at radius 3 is 2.59 bits per heavy atom. The molecule has 2 N–H and O–H groups in total. The minimum atomic E-state index is 0. The van der Waals surface area contributed by atoms with E-state index in [1.54, 1.807) is 6.92 Å². The summed E-state index contributed by atoms with van der Waals surface area (Å²) in [5.74, 6) is 4.17. The molecule has 1 unspecified atom stereocenters. The molecule has 29 heavy (non-hydrogen) atoms. The van der Waals surface area contributed by atoms with Crippen molar-refractivity contribution in [3.05, 3.63) is 11.6 Å². The number of nitrogens with zero attached hydrogens (tertiary/aromatic N) is 5. The Kier molecular flexibility index (Phi) is 9.16. The number of fused-ring (bicyclic) bond motifs is 1. The molecule has 0 bridgehead atoms. The summed E-state index contributed by atoms with van der Waals surface area (Å²) in [7, 11) is 0. The molecule has 1 aromatic rings. The minimum absolute atomic E-state index is 0. The van der Waals surface area contributed by atoms with Gasteiger partial charge in [-0.1, -0.05) is 13.8 Å². The van der Waals surface area contributed by atoms with Crippen LogP contribution < -0.4 is 10.6 Å². The molecule has 0 saturated carbocycles. The molecule has 1 saturated heterocycles. The number of aryl methyl sites for hydroxylation is 1. The number of aliphatic imine (C=N–C) groups is 1. The predicted octanol–water partition coefficient (Wildman–Crippen LogP) is 2.15. The van der Waals surface area contributed by atoms with Gasteiger partial charge < -0.3 is 20.1 Å². The second-order valence-corrected chi connectivity index (χ2v) is 8.29. The highest BCUT2D eigenvalue weighted by atomic mass is 127. The van der Waals surface area contributed by atoms with E-state index in [0.29, 0.717) is 17.9 Å². The first-order valence-corrected chi connectivity index (χ1v) is 10.7. The standard InChI is InChI=1S/C20H35N7O.HI/c1-5-21-20(22-12-16-8-10-26(11-9-16)15(4)28)23-17-6-7-18-24-25-19(14(2)3)27(18)13-17;/h14,16-17H,5-13H2,1-4H3,(H2,21,22,23);1H. The van der Waals surface area contributed by atoms with E-state index in [1.165, 1.54) is 0 Å². The lowest BCUT2D eigenvalue weighted by Crippen LogP contribution is -2.47. The van der Waals surface area contributed by atoms with E-state index in [4.69, 9.17) is 4.99 Å². The number of carbonyl (C=O) groups excluding carboxylic acids is 1. The van der Waals surface area contributed by atoms with Crippen molar-refractivity contribution in [2.24, 2.45) is 10.9 Å². The average molecular weight is 517 g/mol. The van der Waals surface area contributed by atoms with Crippen LogP contribution in [0.15, 0.2) is 4.99 Å². The van der Waals surface area contributed by atoms with Crippen LogP contribution in [0.5, 0.6) is 0 Å². The summed E-state index contributed by atoms with van der Waals surface area (Å²) in [6.45, 7) is 12.3. The summed E-state index contributed by atoms with van der Waals surface area (Å²) in [6.07, 6.45) is 4.05. The Bertz CT molecular complexity index is 695. The fourth-order valence-electron chi connectivity index (χ4n) is 4.06. The molecule has 8 nitrogen and oxygen atoms in total. The zero-order valence-corrected chi connectivity index (χ0v) is 20.5. The number of carbonyl (C=O) groups is 1. The van der Waals surface area contributed by atoms with Gasteiger partial charge in [-0.05, 0) is 32.1 Å². The number of likely N-dealkylation sites (tertiary alicyclic amines) is 1. The largest absolute Gasteiger partial charge is 0.357 e. The topological polar surface area (TPSA) is 87.4 Å². The molecule has 1 aromatic heterocycles. The first-order chi connectivity index (χ1) is 13.5. The summed E-state index contributed by atoms with van der Waals surface area (Å²) in [5, 5.41) is 15.7. The molecule has 2 aliphatic heterocycles. The third kappa shape index (κ3) is 6.29. The van der Waals surface area contributed by atoms with E-state index in [9.17, 15) is 4.79 Å². The number of amides is 1. The molecule has 1 fully saturated rings. The number of hydrogen-bond donors (Lipinski definition) is 2. The van der Waals surface area contributed by atoms with E-state index in [-0.39, 0.29) is 29.9 Å². The molecule has 1 amide bonds. The highest BCUT2D eigenvalue weighted by molar-refractivity contribution is 14.0. The van der Waals surface area contributed by atoms with Gasteiger partial charge in [-0.3, -0.25) is 9.79 Å². The SMILES string of the molecule is CCNC(=NCC1CCN(C(C)=O)CC1)NC1CCc2nnc(C(C)C)n2C1.I. The van der Waals surface area contributed by atoms with Gasteiger partial charge >= 0.3 is 0 Å². The van der Waals surface area contributed by atoms with Gasteiger partial charge in [0.05, 0.1) is 0 Å². The first-order valence-electron chi connectivity index (χ1n) is 10.7. The van der Waals surface area contributed by atoms with Gasteiger partial charge in [0.15, 0.2) is 5.96 Å². The third-order valence-corrected chi connectivity index (χ3v) is 5.74. The molecule has 3 heterocycles. The lowest BCUT2D eigenvalue weighted by atomic mass is 9.97. The fourth-order valence-corrected chi connectivity index (χ4v) is 4.06. The zero-order valence-electron chi connectivity index (χ0n) is 18.1. The molecule has 9 heteroatoms. The average Bonchev–Trinajstić information content (AvgIpc) is 3.10. The van der Waals surface area contributed by atoms with Crippen LogP contribution in [0.4, 0.5) is 0 Å². The maximum Gasteiger partial charge on any atom is 0.219 e. The van der Waals surface area contributed by atoms with E-state index in [0.717, 1.165) is 76.0 Å². The van der Waals surface area contributed by atoms with Crippen LogP contribution in [0, 0.1) is 5.92 Å². The van der Waals surface area contributed by atoms with Gasteiger partial charge in [0.25, 0.3) is 0 Å². The minimum Gasteiger partial charge on any atom is -0.357 e. The molecule has 0 spiro atoms. The molecule has 164 valence electrons. The van der Waals surface area contributed by atoms with Gasteiger partial charge in [-0.25, -0.2) is 0 Å². The Morgan fingerprint density at radius 2 is 1.97 bits per heavy atom. The number of hydrogen-bond acceptors (Lipinski definition) is 4. The van der Waals surface area contributed by atoms with Crippen LogP contribution in [-0.2, 0) is 17.8 Å². The summed E-state index contributed by atoms with van der Waals surface area (Å²) < 4.78 is 2.27. The third-order valence-electron chi connectivity index (χ3n) is 5.74. The number of aromatic nitrogens is 3. The van der Waals surface area contributed by atoms with E-state index >= 15 is 0 Å². The van der Waals surface area contributed by atoms with Gasteiger partial charge in [0.1, 0.15) is 11.6 Å². The number of nitrogens with one attached hydrogen (secondary N) is 2. The molecule has 1 atom stereocenters. The van der Waals surface area contributed by atoms with Crippen LogP contribution in [0.2, 0.25) is 0 Å². The number of guanidine groups is 1. The smallest absolute Gasteiger partial charge is 0.219 e. The maximum atomic E-state index is 11.5. The van der Waals surface area contributed by atoms with Crippen LogP contribution >= 0.6 is 24.0 Å². The first kappa shape index (κ1) is 23.9. The summed E-state index contributed by atoms with van der Waals surface area (Å²) in [6, 6.07) is 0.332. The maximum absolute atomic E-state index is 11.5.